The van der Waals surface area contributed by atoms with Crippen LogP contribution in [0, 0.1) is 0 Å². The molecule has 0 amide bonds. The van der Waals surface area contributed by atoms with E-state index in [2.05, 4.69) is 10.3 Å². The Morgan fingerprint density at radius 2 is 2.13 bits per heavy atom. The van der Waals surface area contributed by atoms with E-state index in [1.54, 1.807) is 0 Å². The van der Waals surface area contributed by atoms with Crippen molar-refractivity contribution in [3.05, 3.63) is 11.9 Å². The highest BCUT2D eigenvalue weighted by atomic mass is 19.3. The zero-order valence-electron chi connectivity index (χ0n) is 8.20. The third-order valence-electron chi connectivity index (χ3n) is 1.70. The Labute approximate surface area is 84.1 Å². The number of aromatic nitrogens is 3. The molecule has 0 fully saturated rings. The van der Waals surface area contributed by atoms with Crippen LogP contribution >= 0.6 is 0 Å². The molecule has 1 heterocycles. The first-order valence-corrected chi connectivity index (χ1v) is 4.11. The zero-order valence-corrected chi connectivity index (χ0v) is 8.20. The van der Waals surface area contributed by atoms with Crippen LogP contribution in [0.5, 0.6) is 0 Å². The van der Waals surface area contributed by atoms with Crippen molar-refractivity contribution in [1.29, 1.82) is 0 Å². The second-order valence-electron chi connectivity index (χ2n) is 3.19. The van der Waals surface area contributed by atoms with Gasteiger partial charge in [-0.05, 0) is 0 Å². The van der Waals surface area contributed by atoms with Gasteiger partial charge in [-0.2, -0.15) is 8.78 Å². The van der Waals surface area contributed by atoms with Crippen LogP contribution in [-0.2, 0) is 11.8 Å². The molecular formula is C8H9F2N3O2. The topological polar surface area (TPSA) is 64.8 Å². The second-order valence-corrected chi connectivity index (χ2v) is 3.19. The van der Waals surface area contributed by atoms with Gasteiger partial charge in [0.15, 0.2) is 5.78 Å². The minimum absolute atomic E-state index is 0.0879. The van der Waals surface area contributed by atoms with Gasteiger partial charge in [0.05, 0.1) is 12.6 Å². The van der Waals surface area contributed by atoms with Gasteiger partial charge in [-0.15, -0.1) is 5.10 Å². The molecule has 7 heteroatoms. The van der Waals surface area contributed by atoms with E-state index in [1.807, 2.05) is 0 Å². The normalized spacial score (nSPS) is 11.5. The van der Waals surface area contributed by atoms with Crippen LogP contribution in [0.3, 0.4) is 0 Å². The van der Waals surface area contributed by atoms with Crippen LogP contribution in [0.1, 0.15) is 23.8 Å². The van der Waals surface area contributed by atoms with Gasteiger partial charge in [-0.25, -0.2) is 0 Å². The van der Waals surface area contributed by atoms with Crippen molar-refractivity contribution < 1.29 is 18.4 Å². The Bertz CT molecular complexity index is 395. The summed E-state index contributed by atoms with van der Waals surface area (Å²) in [5.74, 6) is -5.66. The third-order valence-corrected chi connectivity index (χ3v) is 1.70. The van der Waals surface area contributed by atoms with Gasteiger partial charge >= 0.3 is 5.92 Å². The van der Waals surface area contributed by atoms with Crippen molar-refractivity contribution in [2.75, 3.05) is 0 Å². The van der Waals surface area contributed by atoms with Gasteiger partial charge in [0.2, 0.25) is 5.78 Å². The molecular weight excluding hydrogens is 208 g/mol. The molecule has 1 aromatic rings. The Balaban J connectivity index is 2.69. The molecule has 0 unspecified atom stereocenters. The van der Waals surface area contributed by atoms with E-state index in [0.29, 0.717) is 6.92 Å². The molecule has 0 bridgehead atoms. The van der Waals surface area contributed by atoms with E-state index >= 15 is 0 Å². The van der Waals surface area contributed by atoms with Crippen LogP contribution in [0.15, 0.2) is 6.20 Å². The molecule has 0 spiro atoms. The zero-order chi connectivity index (χ0) is 11.6. The summed E-state index contributed by atoms with van der Waals surface area (Å²) in [6.07, 6.45) is 0.408. The van der Waals surface area contributed by atoms with Crippen molar-refractivity contribution in [3.8, 4) is 0 Å². The minimum Gasteiger partial charge on any atom is -0.292 e. The number of Topliss-reactive ketones (excluding diaryl/α,β-unsaturated/α-hetero) is 2. The fourth-order valence-corrected chi connectivity index (χ4v) is 0.867. The Morgan fingerprint density at radius 3 is 2.53 bits per heavy atom. The highest BCUT2D eigenvalue weighted by molar-refractivity contribution is 6.08. The van der Waals surface area contributed by atoms with Crippen molar-refractivity contribution in [1.82, 2.24) is 15.0 Å². The summed E-state index contributed by atoms with van der Waals surface area (Å²) in [6.45, 7) is 0.458. The van der Waals surface area contributed by atoms with Crippen molar-refractivity contribution in [3.63, 3.8) is 0 Å². The first-order chi connectivity index (χ1) is 6.80. The van der Waals surface area contributed by atoms with Gasteiger partial charge in [-0.1, -0.05) is 5.21 Å². The maximum atomic E-state index is 12.5. The van der Waals surface area contributed by atoms with Crippen molar-refractivity contribution >= 4 is 11.6 Å². The van der Waals surface area contributed by atoms with Crippen LogP contribution in [0.25, 0.3) is 0 Å². The van der Waals surface area contributed by atoms with Gasteiger partial charge < -0.3 is 0 Å². The van der Waals surface area contributed by atoms with Crippen LogP contribution in [0.2, 0.25) is 0 Å². The summed E-state index contributed by atoms with van der Waals surface area (Å²) >= 11 is 0. The van der Waals surface area contributed by atoms with E-state index in [9.17, 15) is 18.4 Å². The number of ketones is 2. The predicted octanol–water partition coefficient (Wildman–Crippen LogP) is 0.612. The molecule has 0 saturated carbocycles. The molecule has 0 aromatic carbocycles. The SMILES string of the molecule is Cn1cc(C(=O)CC(=O)C(C)(F)F)nn1. The summed E-state index contributed by atoms with van der Waals surface area (Å²) in [4.78, 5) is 22.1. The van der Waals surface area contributed by atoms with Crippen LogP contribution in [0.4, 0.5) is 8.78 Å². The fourth-order valence-electron chi connectivity index (χ4n) is 0.867. The van der Waals surface area contributed by atoms with Gasteiger partial charge in [0.1, 0.15) is 5.69 Å². The second kappa shape index (κ2) is 3.84. The summed E-state index contributed by atoms with van der Waals surface area (Å²) in [6, 6.07) is 0. The minimum atomic E-state index is -3.49. The largest absolute Gasteiger partial charge is 0.303 e. The first kappa shape index (κ1) is 11.4. The summed E-state index contributed by atoms with van der Waals surface area (Å²) in [5, 5.41) is 6.87. The quantitative estimate of drug-likeness (QED) is 0.547. The number of nitrogens with zero attached hydrogens (tertiary/aromatic N) is 3. The van der Waals surface area contributed by atoms with Crippen molar-refractivity contribution in [2.45, 2.75) is 19.3 Å². The van der Waals surface area contributed by atoms with E-state index in [4.69, 9.17) is 0 Å². The van der Waals surface area contributed by atoms with Crippen LogP contribution in [-0.4, -0.2) is 32.5 Å². The lowest BCUT2D eigenvalue weighted by molar-refractivity contribution is -0.139. The lowest BCUT2D eigenvalue weighted by atomic mass is 10.1. The monoisotopic (exact) mass is 217 g/mol. The number of halogens is 2. The molecule has 0 radical (unpaired) electrons. The number of alkyl halides is 2. The van der Waals surface area contributed by atoms with E-state index in [1.165, 1.54) is 17.9 Å². The van der Waals surface area contributed by atoms with Gasteiger partial charge in [-0.3, -0.25) is 14.3 Å². The molecule has 15 heavy (non-hydrogen) atoms. The molecule has 0 aliphatic carbocycles. The first-order valence-electron chi connectivity index (χ1n) is 4.11. The van der Waals surface area contributed by atoms with E-state index in [-0.39, 0.29) is 5.69 Å². The standard InChI is InChI=1S/C8H9F2N3O2/c1-8(9,10)7(15)3-6(14)5-4-13(2)12-11-5/h4H,3H2,1-2H3. The molecule has 5 nitrogen and oxygen atoms in total. The summed E-state index contributed by atoms with van der Waals surface area (Å²) in [5.41, 5.74) is -0.0879. The maximum absolute atomic E-state index is 12.5. The molecule has 82 valence electrons. The molecule has 0 atom stereocenters. The lowest BCUT2D eigenvalue weighted by Gasteiger charge is -2.06. The Kier molecular flexibility index (Phi) is 2.92. The summed E-state index contributed by atoms with van der Waals surface area (Å²) < 4.78 is 26.2. The number of hydrogen-bond acceptors (Lipinski definition) is 4. The predicted molar refractivity (Wildman–Crippen MR) is 45.6 cm³/mol. The van der Waals surface area contributed by atoms with Gasteiger partial charge in [0.25, 0.3) is 0 Å². The molecule has 1 aromatic heterocycles. The Morgan fingerprint density at radius 1 is 1.53 bits per heavy atom. The third kappa shape index (κ3) is 2.90. The molecule has 0 aliphatic rings. The van der Waals surface area contributed by atoms with Gasteiger partial charge in [0, 0.05) is 14.0 Å². The highest BCUT2D eigenvalue weighted by Gasteiger charge is 2.33. The number of carbonyl (C=O) groups is 2. The smallest absolute Gasteiger partial charge is 0.292 e. The maximum Gasteiger partial charge on any atom is 0.303 e. The number of rotatable bonds is 4. The average Bonchev–Trinajstić information content (AvgIpc) is 2.50. The van der Waals surface area contributed by atoms with E-state index in [0.717, 1.165) is 0 Å². The lowest BCUT2D eigenvalue weighted by Crippen LogP contribution is -2.26. The number of aryl methyl sites for hydroxylation is 1. The Hall–Kier alpha value is -1.66. The summed E-state index contributed by atoms with van der Waals surface area (Å²) in [7, 11) is 1.53. The van der Waals surface area contributed by atoms with E-state index < -0.39 is 23.9 Å². The highest BCUT2D eigenvalue weighted by Crippen LogP contribution is 2.16. The molecule has 0 saturated heterocycles. The number of hydrogen-bond donors (Lipinski definition) is 0. The molecule has 1 rings (SSSR count). The fraction of sp³-hybridized carbons (Fsp3) is 0.500. The molecule has 0 N–H and O–H groups in total. The molecule has 0 aliphatic heterocycles. The number of carbonyl (C=O) groups excluding carboxylic acids is 2. The van der Waals surface area contributed by atoms with Crippen LogP contribution < -0.4 is 0 Å². The van der Waals surface area contributed by atoms with Crippen molar-refractivity contribution in [2.24, 2.45) is 7.05 Å². The average molecular weight is 217 g/mol.